The lowest BCUT2D eigenvalue weighted by Gasteiger charge is -2.32. The Morgan fingerprint density at radius 1 is 0.962 bits per heavy atom. The number of hydrogen-bond donors (Lipinski definition) is 2. The maximum Gasteiger partial charge on any atom is 0.303 e. The molecule has 2 unspecified atom stereocenters. The predicted octanol–water partition coefficient (Wildman–Crippen LogP) is 5.73. The fourth-order valence-electron chi connectivity index (χ4n) is 3.28. The molecule has 0 rings (SSSR count). The molecule has 0 spiro atoms. The van der Waals surface area contributed by atoms with Gasteiger partial charge in [0.05, 0.1) is 6.10 Å². The Morgan fingerprint density at radius 2 is 1.54 bits per heavy atom. The number of alkyl halides is 1. The number of aliphatic hydroxyl groups is 1. The minimum absolute atomic E-state index is 0.00978. The quantitative estimate of drug-likeness (QED) is 0.261. The fourth-order valence-corrected chi connectivity index (χ4v) is 3.54. The Morgan fingerprint density at radius 3 is 2.08 bits per heavy atom. The molecule has 0 radical (unpaired) electrons. The molecule has 0 bridgehead atoms. The Balaban J connectivity index is 4.28. The molecule has 5 heteroatoms. The van der Waals surface area contributed by atoms with E-state index in [1.807, 2.05) is 0 Å². The number of halogens is 1. The summed E-state index contributed by atoms with van der Waals surface area (Å²) >= 11 is 6.59. The summed E-state index contributed by atoms with van der Waals surface area (Å²) in [6, 6.07) is 0. The molecule has 0 saturated heterocycles. The molecule has 0 aliphatic heterocycles. The van der Waals surface area contributed by atoms with E-state index in [0.717, 1.165) is 44.9 Å². The van der Waals surface area contributed by atoms with Crippen LogP contribution in [0.1, 0.15) is 105 Å². The molecule has 0 saturated carbocycles. The molecule has 0 heterocycles. The van der Waals surface area contributed by atoms with Gasteiger partial charge in [0.15, 0.2) is 5.78 Å². The Labute approximate surface area is 164 Å². The van der Waals surface area contributed by atoms with E-state index in [-0.39, 0.29) is 23.7 Å². The minimum Gasteiger partial charge on any atom is -0.481 e. The standard InChI is InChI=1S/C21H39ClO4/c1-5-6-14-20(3,4)18(24)12-11-16-21(22,17(2)23)15-10-8-7-9-13-19(25)26/h18,24H,5-16H2,1-4H3,(H,25,26). The molecule has 26 heavy (non-hydrogen) atoms. The van der Waals surface area contributed by atoms with Crippen molar-refractivity contribution in [3.05, 3.63) is 0 Å². The van der Waals surface area contributed by atoms with Gasteiger partial charge in [-0.3, -0.25) is 9.59 Å². The summed E-state index contributed by atoms with van der Waals surface area (Å²) in [5.74, 6) is -0.773. The van der Waals surface area contributed by atoms with Crippen LogP contribution in [0.2, 0.25) is 0 Å². The van der Waals surface area contributed by atoms with E-state index < -0.39 is 10.8 Å². The van der Waals surface area contributed by atoms with Crippen molar-refractivity contribution in [2.75, 3.05) is 0 Å². The van der Waals surface area contributed by atoms with Gasteiger partial charge in [0.2, 0.25) is 0 Å². The number of aliphatic carboxylic acids is 1. The van der Waals surface area contributed by atoms with Crippen LogP contribution in [-0.4, -0.2) is 32.9 Å². The summed E-state index contributed by atoms with van der Waals surface area (Å²) in [5.41, 5.74) is -0.106. The number of Topliss-reactive ketones (excluding diaryl/α,β-unsaturated/α-hetero) is 1. The maximum atomic E-state index is 12.0. The lowest BCUT2D eigenvalue weighted by Crippen LogP contribution is -2.33. The molecule has 0 fully saturated rings. The molecule has 0 aliphatic carbocycles. The molecular weight excluding hydrogens is 352 g/mol. The van der Waals surface area contributed by atoms with Crippen LogP contribution in [0.4, 0.5) is 0 Å². The van der Waals surface area contributed by atoms with E-state index in [1.165, 1.54) is 0 Å². The Hall–Kier alpha value is -0.610. The van der Waals surface area contributed by atoms with Gasteiger partial charge in [-0.2, -0.15) is 0 Å². The third-order valence-electron chi connectivity index (χ3n) is 5.47. The Bertz CT molecular complexity index is 422. The first kappa shape index (κ1) is 25.4. The fraction of sp³-hybridized carbons (Fsp3) is 0.905. The minimum atomic E-state index is -0.847. The third kappa shape index (κ3) is 10.5. The van der Waals surface area contributed by atoms with Crippen LogP contribution in [0.5, 0.6) is 0 Å². The summed E-state index contributed by atoms with van der Waals surface area (Å²) in [6.45, 7) is 7.89. The number of carboxylic acids is 1. The smallest absolute Gasteiger partial charge is 0.303 e. The van der Waals surface area contributed by atoms with Crippen LogP contribution < -0.4 is 0 Å². The molecule has 0 aromatic heterocycles. The van der Waals surface area contributed by atoms with Crippen LogP contribution in [-0.2, 0) is 9.59 Å². The van der Waals surface area contributed by atoms with Gasteiger partial charge in [0.25, 0.3) is 0 Å². The first-order valence-corrected chi connectivity index (χ1v) is 10.5. The second-order valence-corrected chi connectivity index (χ2v) is 9.05. The lowest BCUT2D eigenvalue weighted by atomic mass is 9.79. The normalized spacial score (nSPS) is 15.5. The maximum absolute atomic E-state index is 12.0. The molecule has 0 aromatic carbocycles. The van der Waals surface area contributed by atoms with Gasteiger partial charge >= 0.3 is 5.97 Å². The average Bonchev–Trinajstić information content (AvgIpc) is 2.55. The zero-order valence-corrected chi connectivity index (χ0v) is 17.9. The monoisotopic (exact) mass is 390 g/mol. The highest BCUT2D eigenvalue weighted by atomic mass is 35.5. The highest BCUT2D eigenvalue weighted by Crippen LogP contribution is 2.34. The lowest BCUT2D eigenvalue weighted by molar-refractivity contribution is -0.137. The first-order chi connectivity index (χ1) is 12.0. The predicted molar refractivity (Wildman–Crippen MR) is 108 cm³/mol. The van der Waals surface area contributed by atoms with Crippen molar-refractivity contribution >= 4 is 23.4 Å². The number of ketones is 1. The zero-order chi connectivity index (χ0) is 20.2. The number of carbonyl (C=O) groups excluding carboxylic acids is 1. The molecule has 2 N–H and O–H groups in total. The van der Waals surface area contributed by atoms with E-state index in [1.54, 1.807) is 6.92 Å². The summed E-state index contributed by atoms with van der Waals surface area (Å²) in [7, 11) is 0. The highest BCUT2D eigenvalue weighted by Gasteiger charge is 2.33. The summed E-state index contributed by atoms with van der Waals surface area (Å²) < 4.78 is 0. The van der Waals surface area contributed by atoms with Crippen LogP contribution in [0.15, 0.2) is 0 Å². The Kier molecular flexibility index (Phi) is 12.4. The van der Waals surface area contributed by atoms with Gasteiger partial charge in [-0.15, -0.1) is 11.6 Å². The number of hydrogen-bond acceptors (Lipinski definition) is 3. The van der Waals surface area contributed by atoms with Crippen molar-refractivity contribution in [1.29, 1.82) is 0 Å². The van der Waals surface area contributed by atoms with Crippen molar-refractivity contribution < 1.29 is 19.8 Å². The molecular formula is C21H39ClO4. The van der Waals surface area contributed by atoms with Crippen LogP contribution in [0, 0.1) is 5.41 Å². The van der Waals surface area contributed by atoms with E-state index in [9.17, 15) is 14.7 Å². The number of carboxylic acid groups (broad SMARTS) is 1. The number of aliphatic hydroxyl groups excluding tert-OH is 1. The SMILES string of the molecule is CCCCC(C)(C)C(O)CCCC(Cl)(CCCCCCC(=O)O)C(C)=O. The van der Waals surface area contributed by atoms with Crippen LogP contribution in [0.3, 0.4) is 0 Å². The van der Waals surface area contributed by atoms with Crippen molar-refractivity contribution in [3.8, 4) is 0 Å². The van der Waals surface area contributed by atoms with E-state index in [2.05, 4.69) is 20.8 Å². The largest absolute Gasteiger partial charge is 0.481 e. The van der Waals surface area contributed by atoms with E-state index >= 15 is 0 Å². The van der Waals surface area contributed by atoms with E-state index in [4.69, 9.17) is 16.7 Å². The van der Waals surface area contributed by atoms with Crippen molar-refractivity contribution in [3.63, 3.8) is 0 Å². The number of unbranched alkanes of at least 4 members (excludes halogenated alkanes) is 4. The van der Waals surface area contributed by atoms with Crippen molar-refractivity contribution in [2.24, 2.45) is 5.41 Å². The second kappa shape index (κ2) is 12.7. The molecule has 154 valence electrons. The topological polar surface area (TPSA) is 74.6 Å². The first-order valence-electron chi connectivity index (χ1n) is 10.1. The summed E-state index contributed by atoms with van der Waals surface area (Å²) in [4.78, 5) is 21.7. The number of carbonyl (C=O) groups is 2. The van der Waals surface area contributed by atoms with E-state index in [0.29, 0.717) is 25.7 Å². The number of rotatable bonds is 16. The average molecular weight is 391 g/mol. The summed E-state index contributed by atoms with van der Waals surface area (Å²) in [6.07, 6.45) is 8.89. The molecule has 0 aliphatic rings. The van der Waals surface area contributed by atoms with Crippen molar-refractivity contribution in [1.82, 2.24) is 0 Å². The van der Waals surface area contributed by atoms with Crippen LogP contribution >= 0.6 is 11.6 Å². The molecule has 0 aromatic rings. The highest BCUT2D eigenvalue weighted by molar-refractivity contribution is 6.34. The van der Waals surface area contributed by atoms with Gasteiger partial charge < -0.3 is 10.2 Å². The van der Waals surface area contributed by atoms with Gasteiger partial charge in [0.1, 0.15) is 4.87 Å². The van der Waals surface area contributed by atoms with Gasteiger partial charge in [-0.25, -0.2) is 0 Å². The summed E-state index contributed by atoms with van der Waals surface area (Å²) in [5, 5.41) is 19.1. The van der Waals surface area contributed by atoms with Gasteiger partial charge in [0, 0.05) is 6.42 Å². The van der Waals surface area contributed by atoms with Gasteiger partial charge in [-0.1, -0.05) is 52.9 Å². The van der Waals surface area contributed by atoms with Gasteiger partial charge in [-0.05, 0) is 50.9 Å². The molecule has 2 atom stereocenters. The van der Waals surface area contributed by atoms with Crippen LogP contribution in [0.25, 0.3) is 0 Å². The molecule has 0 amide bonds. The third-order valence-corrected chi connectivity index (χ3v) is 6.12. The molecule has 4 nitrogen and oxygen atoms in total. The second-order valence-electron chi connectivity index (χ2n) is 8.33. The van der Waals surface area contributed by atoms with Crippen molar-refractivity contribution in [2.45, 2.75) is 116 Å². The zero-order valence-electron chi connectivity index (χ0n) is 17.2.